The van der Waals surface area contributed by atoms with Gasteiger partial charge in [0.05, 0.1) is 11.3 Å². The first-order valence-corrected chi connectivity index (χ1v) is 7.27. The normalized spacial score (nSPS) is 10.8. The van der Waals surface area contributed by atoms with Gasteiger partial charge in [0.1, 0.15) is 10.9 Å². The summed E-state index contributed by atoms with van der Waals surface area (Å²) in [7, 11) is 0. The minimum atomic E-state index is -0.859. The van der Waals surface area contributed by atoms with Crippen molar-refractivity contribution in [1.29, 1.82) is 0 Å². The van der Waals surface area contributed by atoms with Gasteiger partial charge in [0.25, 0.3) is 0 Å². The van der Waals surface area contributed by atoms with Crippen LogP contribution in [0.3, 0.4) is 0 Å². The van der Waals surface area contributed by atoms with Crippen molar-refractivity contribution in [2.45, 2.75) is 24.8 Å². The first-order chi connectivity index (χ1) is 9.10. The maximum atomic E-state index is 10.7. The number of nitrogens with zero attached hydrogens (tertiary/aromatic N) is 2. The van der Waals surface area contributed by atoms with E-state index in [-0.39, 0.29) is 5.75 Å². The van der Waals surface area contributed by atoms with Crippen LogP contribution in [0.25, 0.3) is 10.9 Å². The summed E-state index contributed by atoms with van der Waals surface area (Å²) < 4.78 is 0. The van der Waals surface area contributed by atoms with E-state index < -0.39 is 5.97 Å². The fourth-order valence-electron chi connectivity index (χ4n) is 1.70. The maximum absolute atomic E-state index is 10.7. The van der Waals surface area contributed by atoms with Gasteiger partial charge in [-0.15, -0.1) is 0 Å². The molecule has 0 bridgehead atoms. The van der Waals surface area contributed by atoms with Crippen LogP contribution in [0.5, 0.6) is 0 Å². The highest BCUT2D eigenvalue weighted by molar-refractivity contribution is 8.00. The molecule has 19 heavy (non-hydrogen) atoms. The first kappa shape index (κ1) is 14.1. The van der Waals surface area contributed by atoms with Gasteiger partial charge in [-0.3, -0.25) is 4.79 Å². The third-order valence-corrected chi connectivity index (χ3v) is 3.69. The second-order valence-corrected chi connectivity index (χ2v) is 5.44. The van der Waals surface area contributed by atoms with E-state index >= 15 is 0 Å². The van der Waals surface area contributed by atoms with Gasteiger partial charge in [-0.1, -0.05) is 30.3 Å². The van der Waals surface area contributed by atoms with Crippen molar-refractivity contribution in [2.75, 3.05) is 5.75 Å². The van der Waals surface area contributed by atoms with Crippen LogP contribution in [0, 0.1) is 0 Å². The Hall–Kier alpha value is -1.33. The number of hydrogen-bond donors (Lipinski definition) is 1. The number of benzene rings is 1. The van der Waals surface area contributed by atoms with Crippen molar-refractivity contribution < 1.29 is 9.90 Å². The molecule has 100 valence electrons. The second kappa shape index (κ2) is 6.21. The Morgan fingerprint density at radius 1 is 1.42 bits per heavy atom. The Labute approximate surface area is 120 Å². The Kier molecular flexibility index (Phi) is 4.61. The number of hydrogen-bond acceptors (Lipinski definition) is 4. The summed E-state index contributed by atoms with van der Waals surface area (Å²) in [6.45, 7) is 2.05. The average Bonchev–Trinajstić information content (AvgIpc) is 2.35. The van der Waals surface area contributed by atoms with E-state index in [0.717, 1.165) is 29.6 Å². The van der Waals surface area contributed by atoms with Gasteiger partial charge >= 0.3 is 5.97 Å². The third-order valence-electron chi connectivity index (χ3n) is 2.48. The van der Waals surface area contributed by atoms with E-state index in [2.05, 4.69) is 16.9 Å². The Balaban J connectivity index is 2.48. The van der Waals surface area contributed by atoms with Crippen molar-refractivity contribution in [1.82, 2.24) is 9.97 Å². The molecule has 0 spiro atoms. The molecule has 0 aliphatic rings. The molecule has 0 atom stereocenters. The van der Waals surface area contributed by atoms with Crippen molar-refractivity contribution in [3.63, 3.8) is 0 Å². The topological polar surface area (TPSA) is 63.1 Å². The van der Waals surface area contributed by atoms with E-state index in [1.165, 1.54) is 11.8 Å². The highest BCUT2D eigenvalue weighted by Crippen LogP contribution is 2.27. The number of rotatable bonds is 5. The van der Waals surface area contributed by atoms with Gasteiger partial charge < -0.3 is 5.11 Å². The van der Waals surface area contributed by atoms with Crippen LogP contribution in [0.4, 0.5) is 0 Å². The van der Waals surface area contributed by atoms with Crippen LogP contribution in [0.15, 0.2) is 23.2 Å². The SMILES string of the molecule is CCCc1nc(SCC(=O)O)c2ccc(Cl)cc2n1. The van der Waals surface area contributed by atoms with E-state index in [0.29, 0.717) is 10.0 Å². The molecular formula is C13H13ClN2O2S. The van der Waals surface area contributed by atoms with Gasteiger partial charge in [-0.25, -0.2) is 9.97 Å². The summed E-state index contributed by atoms with van der Waals surface area (Å²) in [4.78, 5) is 19.6. The minimum Gasteiger partial charge on any atom is -0.481 e. The lowest BCUT2D eigenvalue weighted by Crippen LogP contribution is -2.01. The van der Waals surface area contributed by atoms with Crippen LogP contribution in [-0.4, -0.2) is 26.8 Å². The van der Waals surface area contributed by atoms with Crippen LogP contribution in [0.1, 0.15) is 19.2 Å². The molecule has 1 N–H and O–H groups in total. The van der Waals surface area contributed by atoms with Gasteiger partial charge in [0, 0.05) is 16.8 Å². The standard InChI is InChI=1S/C13H13ClN2O2S/c1-2-3-11-15-10-6-8(14)4-5-9(10)13(16-11)19-7-12(17)18/h4-6H,2-3,7H2,1H3,(H,17,18). The fraction of sp³-hybridized carbons (Fsp3) is 0.308. The lowest BCUT2D eigenvalue weighted by atomic mass is 10.2. The molecule has 1 aromatic heterocycles. The molecule has 0 radical (unpaired) electrons. The largest absolute Gasteiger partial charge is 0.481 e. The number of carboxylic acids is 1. The predicted octanol–water partition coefficient (Wildman–Crippen LogP) is 3.41. The van der Waals surface area contributed by atoms with Crippen LogP contribution in [-0.2, 0) is 11.2 Å². The molecule has 4 nitrogen and oxygen atoms in total. The monoisotopic (exact) mass is 296 g/mol. The molecule has 2 aromatic rings. The Bertz CT molecular complexity index is 619. The van der Waals surface area contributed by atoms with E-state index in [9.17, 15) is 4.79 Å². The fourth-order valence-corrected chi connectivity index (χ4v) is 2.62. The van der Waals surface area contributed by atoms with Crippen molar-refractivity contribution in [3.05, 3.63) is 29.0 Å². The number of fused-ring (bicyclic) bond motifs is 1. The first-order valence-electron chi connectivity index (χ1n) is 5.91. The number of carboxylic acid groups (broad SMARTS) is 1. The minimum absolute atomic E-state index is 0.0136. The predicted molar refractivity (Wildman–Crippen MR) is 76.9 cm³/mol. The van der Waals surface area contributed by atoms with Crippen LogP contribution in [0.2, 0.25) is 5.02 Å². The zero-order valence-electron chi connectivity index (χ0n) is 10.4. The number of thioether (sulfide) groups is 1. The van der Waals surface area contributed by atoms with Gasteiger partial charge in [-0.05, 0) is 24.6 Å². The van der Waals surface area contributed by atoms with Crippen LogP contribution < -0.4 is 0 Å². The highest BCUT2D eigenvalue weighted by Gasteiger charge is 2.10. The lowest BCUT2D eigenvalue weighted by molar-refractivity contribution is -0.133. The number of aryl methyl sites for hydroxylation is 1. The average molecular weight is 297 g/mol. The van der Waals surface area contributed by atoms with Crippen molar-refractivity contribution in [3.8, 4) is 0 Å². The molecule has 0 aliphatic heterocycles. The zero-order chi connectivity index (χ0) is 13.8. The summed E-state index contributed by atoms with van der Waals surface area (Å²) in [5.41, 5.74) is 0.763. The van der Waals surface area contributed by atoms with Gasteiger partial charge in [0.15, 0.2) is 0 Å². The molecule has 0 amide bonds. The Morgan fingerprint density at radius 2 is 2.21 bits per heavy atom. The number of aromatic nitrogens is 2. The Morgan fingerprint density at radius 3 is 2.89 bits per heavy atom. The molecule has 0 unspecified atom stereocenters. The number of carbonyl (C=O) groups is 1. The molecule has 0 saturated heterocycles. The second-order valence-electron chi connectivity index (χ2n) is 4.04. The number of aliphatic carboxylic acids is 1. The summed E-state index contributed by atoms with van der Waals surface area (Å²) >= 11 is 7.18. The summed E-state index contributed by atoms with van der Waals surface area (Å²) in [6, 6.07) is 5.37. The highest BCUT2D eigenvalue weighted by atomic mass is 35.5. The third kappa shape index (κ3) is 3.58. The van der Waals surface area contributed by atoms with Crippen molar-refractivity contribution in [2.24, 2.45) is 0 Å². The molecule has 2 rings (SSSR count). The summed E-state index contributed by atoms with van der Waals surface area (Å²) in [5, 5.41) is 10.9. The summed E-state index contributed by atoms with van der Waals surface area (Å²) in [6.07, 6.45) is 1.71. The molecule has 0 fully saturated rings. The van der Waals surface area contributed by atoms with Crippen LogP contribution >= 0.6 is 23.4 Å². The summed E-state index contributed by atoms with van der Waals surface area (Å²) in [5.74, 6) is -0.145. The number of halogens is 1. The van der Waals surface area contributed by atoms with E-state index in [1.807, 2.05) is 6.07 Å². The maximum Gasteiger partial charge on any atom is 0.313 e. The van der Waals surface area contributed by atoms with Gasteiger partial charge in [-0.2, -0.15) is 0 Å². The zero-order valence-corrected chi connectivity index (χ0v) is 12.0. The molecule has 0 aliphatic carbocycles. The lowest BCUT2D eigenvalue weighted by Gasteiger charge is -2.07. The van der Waals surface area contributed by atoms with Gasteiger partial charge in [0.2, 0.25) is 0 Å². The molecule has 1 aromatic carbocycles. The molecular weight excluding hydrogens is 284 g/mol. The smallest absolute Gasteiger partial charge is 0.313 e. The molecule has 0 saturated carbocycles. The van der Waals surface area contributed by atoms with E-state index in [4.69, 9.17) is 16.7 Å². The van der Waals surface area contributed by atoms with Crippen molar-refractivity contribution >= 4 is 40.2 Å². The molecule has 6 heteroatoms. The van der Waals surface area contributed by atoms with E-state index in [1.54, 1.807) is 12.1 Å². The quantitative estimate of drug-likeness (QED) is 0.676. The molecule has 1 heterocycles.